The standard InChI is InChI=1S/C17H26N4O3/c1-12-5-6-13(16(23)24)15(18-12)21-9-7-20(8-10-21)11-14(22)19-17(2,3)4/h5-6H,7-11H2,1-4H3,(H,19,22)(H,23,24). The van der Waals surface area contributed by atoms with Crippen LogP contribution in [-0.2, 0) is 4.79 Å². The molecule has 1 aliphatic rings. The first-order chi connectivity index (χ1) is 11.2. The van der Waals surface area contributed by atoms with Gasteiger partial charge >= 0.3 is 5.97 Å². The normalized spacial score (nSPS) is 16.1. The van der Waals surface area contributed by atoms with Crippen molar-refractivity contribution < 1.29 is 14.7 Å². The van der Waals surface area contributed by atoms with E-state index in [4.69, 9.17) is 0 Å². The summed E-state index contributed by atoms with van der Waals surface area (Å²) < 4.78 is 0. The third kappa shape index (κ3) is 4.92. The molecule has 1 amide bonds. The number of carbonyl (C=O) groups excluding carboxylic acids is 1. The summed E-state index contributed by atoms with van der Waals surface area (Å²) in [6.45, 7) is 10.8. The van der Waals surface area contributed by atoms with E-state index < -0.39 is 5.97 Å². The number of aryl methyl sites for hydroxylation is 1. The number of carbonyl (C=O) groups is 2. The zero-order valence-corrected chi connectivity index (χ0v) is 14.8. The summed E-state index contributed by atoms with van der Waals surface area (Å²) >= 11 is 0. The van der Waals surface area contributed by atoms with Crippen molar-refractivity contribution in [2.24, 2.45) is 0 Å². The smallest absolute Gasteiger partial charge is 0.339 e. The van der Waals surface area contributed by atoms with Crippen molar-refractivity contribution in [2.75, 3.05) is 37.6 Å². The minimum Gasteiger partial charge on any atom is -0.478 e. The summed E-state index contributed by atoms with van der Waals surface area (Å²) in [7, 11) is 0. The molecule has 0 aliphatic carbocycles. The van der Waals surface area contributed by atoms with Crippen molar-refractivity contribution >= 4 is 17.7 Å². The molecule has 7 heteroatoms. The quantitative estimate of drug-likeness (QED) is 0.858. The molecule has 0 saturated carbocycles. The Kier molecular flexibility index (Phi) is 5.43. The molecule has 132 valence electrons. The molecule has 0 radical (unpaired) electrons. The van der Waals surface area contributed by atoms with E-state index in [2.05, 4.69) is 15.2 Å². The maximum atomic E-state index is 12.0. The van der Waals surface area contributed by atoms with Crippen LogP contribution in [0.5, 0.6) is 0 Å². The summed E-state index contributed by atoms with van der Waals surface area (Å²) in [6, 6.07) is 3.31. The zero-order valence-electron chi connectivity index (χ0n) is 14.8. The van der Waals surface area contributed by atoms with Crippen LogP contribution < -0.4 is 10.2 Å². The van der Waals surface area contributed by atoms with E-state index in [1.54, 1.807) is 12.1 Å². The Morgan fingerprint density at radius 3 is 2.38 bits per heavy atom. The highest BCUT2D eigenvalue weighted by Crippen LogP contribution is 2.20. The Morgan fingerprint density at radius 2 is 1.83 bits per heavy atom. The van der Waals surface area contributed by atoms with Gasteiger partial charge in [0.25, 0.3) is 0 Å². The van der Waals surface area contributed by atoms with E-state index >= 15 is 0 Å². The molecule has 7 nitrogen and oxygen atoms in total. The van der Waals surface area contributed by atoms with E-state index in [1.807, 2.05) is 32.6 Å². The fraction of sp³-hybridized carbons (Fsp3) is 0.588. The number of carboxylic acid groups (broad SMARTS) is 1. The fourth-order valence-corrected chi connectivity index (χ4v) is 2.73. The van der Waals surface area contributed by atoms with Crippen LogP contribution in [0.3, 0.4) is 0 Å². The lowest BCUT2D eigenvalue weighted by Gasteiger charge is -2.36. The number of nitrogens with zero attached hydrogens (tertiary/aromatic N) is 3. The molecule has 2 rings (SSSR count). The number of rotatable bonds is 4. The van der Waals surface area contributed by atoms with E-state index in [0.717, 1.165) is 5.69 Å². The van der Waals surface area contributed by atoms with Gasteiger partial charge in [-0.1, -0.05) is 0 Å². The van der Waals surface area contributed by atoms with Crippen LogP contribution >= 0.6 is 0 Å². The Balaban J connectivity index is 1.97. The molecule has 1 aliphatic heterocycles. The molecule has 2 heterocycles. The topological polar surface area (TPSA) is 85.8 Å². The molecule has 24 heavy (non-hydrogen) atoms. The van der Waals surface area contributed by atoms with E-state index in [1.165, 1.54) is 0 Å². The lowest BCUT2D eigenvalue weighted by Crippen LogP contribution is -2.52. The average molecular weight is 334 g/mol. The van der Waals surface area contributed by atoms with Crippen molar-refractivity contribution in [2.45, 2.75) is 33.2 Å². The van der Waals surface area contributed by atoms with E-state index in [9.17, 15) is 14.7 Å². The Labute approximate surface area is 142 Å². The number of aromatic carboxylic acids is 1. The van der Waals surface area contributed by atoms with Crippen LogP contribution in [0.1, 0.15) is 36.8 Å². The number of aromatic nitrogens is 1. The fourth-order valence-electron chi connectivity index (χ4n) is 2.73. The molecular weight excluding hydrogens is 308 g/mol. The number of amides is 1. The number of hydrogen-bond acceptors (Lipinski definition) is 5. The van der Waals surface area contributed by atoms with Gasteiger partial charge in [-0.3, -0.25) is 9.69 Å². The first-order valence-electron chi connectivity index (χ1n) is 8.15. The minimum atomic E-state index is -0.968. The number of hydrogen-bond donors (Lipinski definition) is 2. The Morgan fingerprint density at radius 1 is 1.21 bits per heavy atom. The maximum absolute atomic E-state index is 12.0. The molecule has 1 fully saturated rings. The minimum absolute atomic E-state index is 0.0101. The third-order valence-corrected chi connectivity index (χ3v) is 3.80. The molecule has 0 bridgehead atoms. The second-order valence-corrected chi connectivity index (χ2v) is 7.19. The monoisotopic (exact) mass is 334 g/mol. The van der Waals surface area contributed by atoms with E-state index in [0.29, 0.717) is 38.5 Å². The van der Waals surface area contributed by atoms with Gasteiger partial charge in [-0.25, -0.2) is 9.78 Å². The van der Waals surface area contributed by atoms with Crippen LogP contribution in [0.15, 0.2) is 12.1 Å². The highest BCUT2D eigenvalue weighted by atomic mass is 16.4. The van der Waals surface area contributed by atoms with Crippen LogP contribution in [0.4, 0.5) is 5.82 Å². The molecule has 0 unspecified atom stereocenters. The van der Waals surface area contributed by atoms with Gasteiger partial charge in [0.05, 0.1) is 6.54 Å². The number of piperazine rings is 1. The molecule has 2 N–H and O–H groups in total. The summed E-state index contributed by atoms with van der Waals surface area (Å²) in [5.74, 6) is -0.443. The van der Waals surface area contributed by atoms with Crippen molar-refractivity contribution in [3.05, 3.63) is 23.4 Å². The second kappa shape index (κ2) is 7.17. The first-order valence-corrected chi connectivity index (χ1v) is 8.15. The van der Waals surface area contributed by atoms with Gasteiger partial charge in [-0.15, -0.1) is 0 Å². The van der Waals surface area contributed by atoms with Crippen molar-refractivity contribution in [1.82, 2.24) is 15.2 Å². The predicted octanol–water partition coefficient (Wildman–Crippen LogP) is 1.12. The first kappa shape index (κ1) is 18.2. The molecule has 0 atom stereocenters. The molecule has 1 saturated heterocycles. The Bertz CT molecular complexity index is 617. The van der Waals surface area contributed by atoms with Gasteiger partial charge in [-0.2, -0.15) is 0 Å². The number of anilines is 1. The molecule has 1 aromatic rings. The summed E-state index contributed by atoms with van der Waals surface area (Å²) in [5, 5.41) is 12.3. The van der Waals surface area contributed by atoms with Crippen LogP contribution in [0.25, 0.3) is 0 Å². The van der Waals surface area contributed by atoms with Crippen LogP contribution in [-0.4, -0.2) is 65.1 Å². The van der Waals surface area contributed by atoms with Crippen LogP contribution in [0, 0.1) is 6.92 Å². The highest BCUT2D eigenvalue weighted by molar-refractivity contribution is 5.93. The number of carboxylic acids is 1. The summed E-state index contributed by atoms with van der Waals surface area (Å²) in [5.41, 5.74) is 0.780. The van der Waals surface area contributed by atoms with Gasteiger partial charge in [0.1, 0.15) is 11.4 Å². The Hall–Kier alpha value is -2.15. The number of pyridine rings is 1. The van der Waals surface area contributed by atoms with Gasteiger partial charge in [0.2, 0.25) is 5.91 Å². The second-order valence-electron chi connectivity index (χ2n) is 7.19. The number of nitrogens with one attached hydrogen (secondary N) is 1. The van der Waals surface area contributed by atoms with Gasteiger partial charge in [-0.05, 0) is 39.8 Å². The van der Waals surface area contributed by atoms with Crippen LogP contribution in [0.2, 0.25) is 0 Å². The largest absolute Gasteiger partial charge is 0.478 e. The molecular formula is C17H26N4O3. The SMILES string of the molecule is Cc1ccc(C(=O)O)c(N2CCN(CC(=O)NC(C)(C)C)CC2)n1. The van der Waals surface area contributed by atoms with Gasteiger partial charge in [0, 0.05) is 37.4 Å². The van der Waals surface area contributed by atoms with Crippen molar-refractivity contribution in [3.63, 3.8) is 0 Å². The zero-order chi connectivity index (χ0) is 17.9. The average Bonchev–Trinajstić information content (AvgIpc) is 2.45. The lowest BCUT2D eigenvalue weighted by molar-refractivity contribution is -0.123. The molecule has 1 aromatic heterocycles. The summed E-state index contributed by atoms with van der Waals surface area (Å²) in [6.07, 6.45) is 0. The van der Waals surface area contributed by atoms with Gasteiger partial charge < -0.3 is 15.3 Å². The highest BCUT2D eigenvalue weighted by Gasteiger charge is 2.24. The molecule has 0 aromatic carbocycles. The van der Waals surface area contributed by atoms with Crippen molar-refractivity contribution in [3.8, 4) is 0 Å². The molecule has 0 spiro atoms. The van der Waals surface area contributed by atoms with Crippen molar-refractivity contribution in [1.29, 1.82) is 0 Å². The third-order valence-electron chi connectivity index (χ3n) is 3.80. The lowest BCUT2D eigenvalue weighted by atomic mass is 10.1. The maximum Gasteiger partial charge on any atom is 0.339 e. The van der Waals surface area contributed by atoms with Gasteiger partial charge in [0.15, 0.2) is 0 Å². The van der Waals surface area contributed by atoms with E-state index in [-0.39, 0.29) is 17.0 Å². The predicted molar refractivity (Wildman–Crippen MR) is 92.5 cm³/mol. The summed E-state index contributed by atoms with van der Waals surface area (Å²) in [4.78, 5) is 31.9.